The molecule has 0 saturated heterocycles. The van der Waals surface area contributed by atoms with E-state index in [1.54, 1.807) is 12.3 Å². The summed E-state index contributed by atoms with van der Waals surface area (Å²) in [5.74, 6) is 0.172. The highest BCUT2D eigenvalue weighted by Gasteiger charge is 2.24. The highest BCUT2D eigenvalue weighted by atomic mass is 32.2. The minimum Gasteiger partial charge on any atom is -0.344 e. The quantitative estimate of drug-likeness (QED) is 0.609. The Morgan fingerprint density at radius 1 is 1.07 bits per heavy atom. The molecule has 1 aliphatic heterocycles. The molecular weight excluding hydrogens is 394 g/mol. The summed E-state index contributed by atoms with van der Waals surface area (Å²) in [4.78, 5) is 32.6. The Morgan fingerprint density at radius 2 is 1.83 bits per heavy atom. The van der Waals surface area contributed by atoms with Crippen LogP contribution in [0.25, 0.3) is 0 Å². The summed E-state index contributed by atoms with van der Waals surface area (Å²) < 4.78 is 0. The fraction of sp³-hybridized carbons (Fsp3) is 0.208. The van der Waals surface area contributed by atoms with Crippen molar-refractivity contribution in [2.45, 2.75) is 24.3 Å². The van der Waals surface area contributed by atoms with Crippen LogP contribution in [-0.2, 0) is 11.2 Å². The monoisotopic (exact) mass is 417 g/mol. The number of thioether (sulfide) groups is 1. The molecule has 2 amide bonds. The van der Waals surface area contributed by atoms with Gasteiger partial charge in [-0.2, -0.15) is 0 Å². The molecule has 0 aliphatic carbocycles. The first-order chi connectivity index (χ1) is 14.6. The Morgan fingerprint density at radius 3 is 2.67 bits per heavy atom. The number of nitrogens with one attached hydrogen (secondary N) is 1. The normalized spacial score (nSPS) is 13.6. The number of benzene rings is 2. The molecule has 2 heterocycles. The van der Waals surface area contributed by atoms with Crippen LogP contribution >= 0.6 is 11.8 Å². The first-order valence-corrected chi connectivity index (χ1v) is 10.9. The van der Waals surface area contributed by atoms with Crippen LogP contribution in [-0.4, -0.2) is 29.1 Å². The van der Waals surface area contributed by atoms with E-state index in [2.05, 4.69) is 16.4 Å². The molecule has 0 spiro atoms. The molecule has 152 valence electrons. The number of nitrogens with zero attached hydrogens (tertiary/aromatic N) is 2. The Balaban J connectivity index is 1.42. The van der Waals surface area contributed by atoms with E-state index in [1.807, 2.05) is 66.4 Å². The third-order valence-electron chi connectivity index (χ3n) is 5.15. The summed E-state index contributed by atoms with van der Waals surface area (Å²) in [7, 11) is 0. The van der Waals surface area contributed by atoms with E-state index in [9.17, 15) is 9.59 Å². The molecule has 0 radical (unpaired) electrons. The second-order valence-corrected chi connectivity index (χ2v) is 8.18. The van der Waals surface area contributed by atoms with Crippen molar-refractivity contribution in [2.75, 3.05) is 17.2 Å². The molecule has 1 aliphatic rings. The van der Waals surface area contributed by atoms with Gasteiger partial charge in [-0.05, 0) is 49.2 Å². The molecule has 2 aromatic carbocycles. The minimum absolute atomic E-state index is 0.0574. The van der Waals surface area contributed by atoms with Crippen molar-refractivity contribution in [3.63, 3.8) is 0 Å². The summed E-state index contributed by atoms with van der Waals surface area (Å²) in [5.41, 5.74) is 3.58. The predicted octanol–water partition coefficient (Wildman–Crippen LogP) is 4.25. The zero-order valence-corrected chi connectivity index (χ0v) is 17.6. The van der Waals surface area contributed by atoms with E-state index >= 15 is 0 Å². The molecule has 0 bridgehead atoms. The standard InChI is InChI=1S/C24H23N3O2S/c1-17(20-10-6-7-14-25-20)26-24(29)19-9-3-5-12-22(19)30-16-23(28)27-15-13-18-8-2-4-11-21(18)27/h2-12,14,17H,13,15-16H2,1H3,(H,26,29). The van der Waals surface area contributed by atoms with Crippen LogP contribution in [0.3, 0.4) is 0 Å². The topological polar surface area (TPSA) is 62.3 Å². The highest BCUT2D eigenvalue weighted by Crippen LogP contribution is 2.30. The van der Waals surface area contributed by atoms with Crippen LogP contribution in [0.15, 0.2) is 77.8 Å². The summed E-state index contributed by atoms with van der Waals surface area (Å²) in [6.07, 6.45) is 2.60. The molecule has 6 heteroatoms. The van der Waals surface area contributed by atoms with Gasteiger partial charge in [0, 0.05) is 23.3 Å². The van der Waals surface area contributed by atoms with E-state index in [0.717, 1.165) is 22.7 Å². The van der Waals surface area contributed by atoms with E-state index in [4.69, 9.17) is 0 Å². The van der Waals surface area contributed by atoms with Crippen LogP contribution in [0.2, 0.25) is 0 Å². The van der Waals surface area contributed by atoms with Gasteiger partial charge >= 0.3 is 0 Å². The van der Waals surface area contributed by atoms with Gasteiger partial charge in [-0.15, -0.1) is 11.8 Å². The van der Waals surface area contributed by atoms with Crippen LogP contribution in [0.1, 0.15) is 34.6 Å². The summed E-state index contributed by atoms with van der Waals surface area (Å²) in [6, 6.07) is 20.8. The molecule has 1 N–H and O–H groups in total. The number of carbonyl (C=O) groups is 2. The average Bonchev–Trinajstić information content (AvgIpc) is 3.22. The molecule has 5 nitrogen and oxygen atoms in total. The lowest BCUT2D eigenvalue weighted by atomic mass is 10.1. The lowest BCUT2D eigenvalue weighted by Crippen LogP contribution is -2.30. The fourth-order valence-corrected chi connectivity index (χ4v) is 4.50. The number of fused-ring (bicyclic) bond motifs is 1. The summed E-state index contributed by atoms with van der Waals surface area (Å²) in [5, 5.41) is 3.00. The van der Waals surface area contributed by atoms with E-state index in [0.29, 0.717) is 12.1 Å². The number of rotatable bonds is 6. The molecular formula is C24H23N3O2S. The van der Waals surface area contributed by atoms with Crippen molar-refractivity contribution < 1.29 is 9.59 Å². The van der Waals surface area contributed by atoms with Crippen molar-refractivity contribution in [1.29, 1.82) is 0 Å². The maximum Gasteiger partial charge on any atom is 0.252 e. The van der Waals surface area contributed by atoms with Crippen LogP contribution < -0.4 is 10.2 Å². The van der Waals surface area contributed by atoms with Gasteiger partial charge in [-0.25, -0.2) is 0 Å². The van der Waals surface area contributed by atoms with E-state index < -0.39 is 0 Å². The zero-order valence-electron chi connectivity index (χ0n) is 16.7. The molecule has 4 rings (SSSR count). The lowest BCUT2D eigenvalue weighted by Gasteiger charge is -2.18. The molecule has 30 heavy (non-hydrogen) atoms. The minimum atomic E-state index is -0.209. The Labute approximate surface area is 180 Å². The summed E-state index contributed by atoms with van der Waals surface area (Å²) in [6.45, 7) is 2.62. The second-order valence-electron chi connectivity index (χ2n) is 7.16. The number of amides is 2. The maximum atomic E-state index is 12.9. The largest absolute Gasteiger partial charge is 0.344 e. The number of pyridine rings is 1. The first-order valence-electron chi connectivity index (χ1n) is 9.95. The predicted molar refractivity (Wildman–Crippen MR) is 120 cm³/mol. The Kier molecular flexibility index (Phi) is 6.14. The lowest BCUT2D eigenvalue weighted by molar-refractivity contribution is -0.116. The number of hydrogen-bond donors (Lipinski definition) is 1. The van der Waals surface area contributed by atoms with Crippen molar-refractivity contribution in [1.82, 2.24) is 10.3 Å². The first kappa shape index (κ1) is 20.2. The number of para-hydroxylation sites is 1. The number of aromatic nitrogens is 1. The molecule has 1 unspecified atom stereocenters. The number of carbonyl (C=O) groups excluding carboxylic acids is 2. The van der Waals surface area contributed by atoms with Gasteiger partial charge in [0.25, 0.3) is 5.91 Å². The second kappa shape index (κ2) is 9.13. The van der Waals surface area contributed by atoms with Gasteiger partial charge in [-0.1, -0.05) is 36.4 Å². The molecule has 1 aromatic heterocycles. The molecule has 1 atom stereocenters. The van der Waals surface area contributed by atoms with E-state index in [1.165, 1.54) is 17.3 Å². The van der Waals surface area contributed by atoms with Crippen molar-refractivity contribution in [2.24, 2.45) is 0 Å². The van der Waals surface area contributed by atoms with Gasteiger partial charge < -0.3 is 10.2 Å². The smallest absolute Gasteiger partial charge is 0.252 e. The Bertz CT molecular complexity index is 1060. The third kappa shape index (κ3) is 4.39. The Hall–Kier alpha value is -3.12. The van der Waals surface area contributed by atoms with Crippen molar-refractivity contribution in [3.05, 3.63) is 89.7 Å². The van der Waals surface area contributed by atoms with Crippen LogP contribution in [0.4, 0.5) is 5.69 Å². The van der Waals surface area contributed by atoms with Crippen LogP contribution in [0.5, 0.6) is 0 Å². The molecule has 0 saturated carbocycles. The molecule has 0 fully saturated rings. The highest BCUT2D eigenvalue weighted by molar-refractivity contribution is 8.00. The summed E-state index contributed by atoms with van der Waals surface area (Å²) >= 11 is 1.40. The van der Waals surface area contributed by atoms with Crippen molar-refractivity contribution in [3.8, 4) is 0 Å². The van der Waals surface area contributed by atoms with Gasteiger partial charge in [0.15, 0.2) is 0 Å². The third-order valence-corrected chi connectivity index (χ3v) is 6.21. The maximum absolute atomic E-state index is 12.9. The van der Waals surface area contributed by atoms with Crippen molar-refractivity contribution >= 4 is 29.3 Å². The fourth-order valence-electron chi connectivity index (χ4n) is 3.58. The zero-order chi connectivity index (χ0) is 20.9. The van der Waals surface area contributed by atoms with Crippen LogP contribution in [0, 0.1) is 0 Å². The number of hydrogen-bond acceptors (Lipinski definition) is 4. The van der Waals surface area contributed by atoms with Gasteiger partial charge in [0.1, 0.15) is 0 Å². The van der Waals surface area contributed by atoms with E-state index in [-0.39, 0.29) is 23.6 Å². The van der Waals surface area contributed by atoms with Gasteiger partial charge in [0.05, 0.1) is 23.1 Å². The number of anilines is 1. The van der Waals surface area contributed by atoms with Gasteiger partial charge in [-0.3, -0.25) is 14.6 Å². The average molecular weight is 418 g/mol. The molecule has 3 aromatic rings. The van der Waals surface area contributed by atoms with Gasteiger partial charge in [0.2, 0.25) is 5.91 Å². The SMILES string of the molecule is CC(NC(=O)c1ccccc1SCC(=O)N1CCc2ccccc21)c1ccccn1.